The molecule has 0 N–H and O–H groups in total. The summed E-state index contributed by atoms with van der Waals surface area (Å²) in [6.07, 6.45) is 16.9. The highest BCUT2D eigenvalue weighted by molar-refractivity contribution is 7.95. The lowest BCUT2D eigenvalue weighted by Gasteiger charge is -2.21. The van der Waals surface area contributed by atoms with Crippen molar-refractivity contribution in [2.45, 2.75) is 96.8 Å². The Bertz CT molecular complexity index is 779. The van der Waals surface area contributed by atoms with Gasteiger partial charge in [0.25, 0.3) is 0 Å². The largest absolute Gasteiger partial charge is 0.454 e. The molecule has 0 saturated carbocycles. The third-order valence-electron chi connectivity index (χ3n) is 6.03. The third-order valence-corrected chi connectivity index (χ3v) is 6.82. The minimum Gasteiger partial charge on any atom is -0.454 e. The minimum atomic E-state index is -0.620. The topological polar surface area (TPSA) is 77.5 Å². The predicted octanol–water partition coefficient (Wildman–Crippen LogP) is 7.96. The molecule has 1 aromatic carbocycles. The molecule has 8 nitrogen and oxygen atoms in total. The van der Waals surface area contributed by atoms with E-state index in [1.54, 1.807) is 25.2 Å². The van der Waals surface area contributed by atoms with E-state index in [-0.39, 0.29) is 6.79 Å². The van der Waals surface area contributed by atoms with Gasteiger partial charge in [-0.25, -0.2) is 18.2 Å². The molecule has 2 amide bonds. The number of benzene rings is 1. The summed E-state index contributed by atoms with van der Waals surface area (Å²) >= 11 is 0.910. The Hall–Kier alpha value is -2.29. The summed E-state index contributed by atoms with van der Waals surface area (Å²) in [6, 6.07) is 4.89. The molecule has 0 saturated heterocycles. The normalized spacial score (nSPS) is 11.9. The monoisotopic (exact) mass is 524 g/mol. The number of fused-ring (bicyclic) bond motifs is 1. The second kappa shape index (κ2) is 18.0. The van der Waals surface area contributed by atoms with Crippen molar-refractivity contribution in [3.8, 4) is 17.2 Å². The molecule has 0 aliphatic carbocycles. The van der Waals surface area contributed by atoms with E-state index in [2.05, 4.69) is 6.92 Å². The Kier molecular flexibility index (Phi) is 15.0. The lowest BCUT2D eigenvalue weighted by atomic mass is 10.0. The molecule has 0 spiro atoms. The number of nitrogens with zero attached hydrogens (tertiary/aromatic N) is 2. The van der Waals surface area contributed by atoms with E-state index in [1.807, 2.05) is 0 Å². The molecule has 9 heteroatoms. The van der Waals surface area contributed by atoms with Crippen LogP contribution in [-0.2, 0) is 4.74 Å². The maximum absolute atomic E-state index is 12.3. The molecule has 1 heterocycles. The lowest BCUT2D eigenvalue weighted by Crippen LogP contribution is -2.31. The van der Waals surface area contributed by atoms with Crippen molar-refractivity contribution >= 4 is 24.3 Å². The van der Waals surface area contributed by atoms with E-state index in [0.717, 1.165) is 25.0 Å². The Balaban J connectivity index is 1.44. The van der Waals surface area contributed by atoms with Crippen LogP contribution >= 0.6 is 12.1 Å². The zero-order valence-electron chi connectivity index (χ0n) is 22.3. The predicted molar refractivity (Wildman–Crippen MR) is 143 cm³/mol. The Labute approximate surface area is 221 Å². The van der Waals surface area contributed by atoms with Gasteiger partial charge in [0.15, 0.2) is 11.5 Å². The molecule has 1 aromatic rings. The molecule has 0 fully saturated rings. The van der Waals surface area contributed by atoms with Gasteiger partial charge in [-0.2, -0.15) is 0 Å². The molecule has 0 unspecified atom stereocenters. The molecule has 36 heavy (non-hydrogen) atoms. The first-order valence-corrected chi connectivity index (χ1v) is 14.2. The number of carbonyl (C=O) groups is 2. The Morgan fingerprint density at radius 1 is 0.778 bits per heavy atom. The van der Waals surface area contributed by atoms with Gasteiger partial charge in [0, 0.05) is 20.2 Å². The van der Waals surface area contributed by atoms with E-state index in [4.69, 9.17) is 18.9 Å². The van der Waals surface area contributed by atoms with Crippen LogP contribution in [0.3, 0.4) is 0 Å². The molecule has 1 aliphatic rings. The van der Waals surface area contributed by atoms with Gasteiger partial charge in [-0.15, -0.1) is 0 Å². The molecule has 0 atom stereocenters. The number of rotatable bonds is 18. The van der Waals surface area contributed by atoms with E-state index < -0.39 is 12.2 Å². The number of unbranched alkanes of at least 4 members (excludes halogenated alkanes) is 13. The lowest BCUT2D eigenvalue weighted by molar-refractivity contribution is 0.129. The first kappa shape index (κ1) is 29.9. The van der Waals surface area contributed by atoms with Crippen molar-refractivity contribution in [3.63, 3.8) is 0 Å². The van der Waals surface area contributed by atoms with Crippen LogP contribution in [0.25, 0.3) is 0 Å². The van der Waals surface area contributed by atoms with Gasteiger partial charge in [-0.3, -0.25) is 0 Å². The van der Waals surface area contributed by atoms with Crippen LogP contribution in [0.4, 0.5) is 9.59 Å². The molecule has 1 aliphatic heterocycles. The van der Waals surface area contributed by atoms with Gasteiger partial charge in [-0.1, -0.05) is 90.4 Å². The van der Waals surface area contributed by atoms with Gasteiger partial charge in [0.2, 0.25) is 6.79 Å². The number of hydrogen-bond acceptors (Lipinski definition) is 7. The van der Waals surface area contributed by atoms with E-state index in [1.165, 1.54) is 92.7 Å². The first-order valence-electron chi connectivity index (χ1n) is 13.4. The SMILES string of the molecule is CCCCCCCCCCCCCCCCOC(=O)N(C)SN(C)C(=O)Oc1ccc2c(c1)OCO2. The molecule has 0 bridgehead atoms. The summed E-state index contributed by atoms with van der Waals surface area (Å²) in [6.45, 7) is 2.79. The van der Waals surface area contributed by atoms with Crippen molar-refractivity contribution in [1.29, 1.82) is 0 Å². The third kappa shape index (κ3) is 12.1. The first-order chi connectivity index (χ1) is 17.5. The summed E-state index contributed by atoms with van der Waals surface area (Å²) in [5.41, 5.74) is 0. The number of carbonyl (C=O) groups excluding carboxylic acids is 2. The van der Waals surface area contributed by atoms with E-state index in [9.17, 15) is 9.59 Å². The average Bonchev–Trinajstić information content (AvgIpc) is 3.34. The number of ether oxygens (including phenoxy) is 4. The molecule has 2 rings (SSSR count). The van der Waals surface area contributed by atoms with E-state index >= 15 is 0 Å². The molecule has 204 valence electrons. The van der Waals surface area contributed by atoms with Crippen LogP contribution in [0, 0.1) is 0 Å². The number of hydrogen-bond donors (Lipinski definition) is 0. The van der Waals surface area contributed by atoms with Gasteiger partial charge in [0.1, 0.15) is 5.75 Å². The average molecular weight is 525 g/mol. The second-order valence-electron chi connectivity index (χ2n) is 9.17. The summed E-state index contributed by atoms with van der Waals surface area (Å²) < 4.78 is 23.7. The van der Waals surface area contributed by atoms with Crippen LogP contribution in [0.5, 0.6) is 17.2 Å². The fraction of sp³-hybridized carbons (Fsp3) is 0.704. The smallest absolute Gasteiger partial charge is 0.426 e. The van der Waals surface area contributed by atoms with Gasteiger partial charge < -0.3 is 18.9 Å². The van der Waals surface area contributed by atoms with Gasteiger partial charge in [-0.05, 0) is 18.6 Å². The summed E-state index contributed by atoms with van der Waals surface area (Å²) in [5, 5.41) is 0. The molecular formula is C27H44N2O6S. The van der Waals surface area contributed by atoms with Crippen LogP contribution in [-0.4, -0.2) is 48.3 Å². The van der Waals surface area contributed by atoms with Crippen LogP contribution in [0.15, 0.2) is 18.2 Å². The van der Waals surface area contributed by atoms with Crippen LogP contribution < -0.4 is 14.2 Å². The van der Waals surface area contributed by atoms with E-state index in [0.29, 0.717) is 23.9 Å². The van der Waals surface area contributed by atoms with Crippen molar-refractivity contribution in [3.05, 3.63) is 18.2 Å². The fourth-order valence-corrected chi connectivity index (χ4v) is 4.49. The molecule has 0 aromatic heterocycles. The van der Waals surface area contributed by atoms with Crippen molar-refractivity contribution in [2.24, 2.45) is 0 Å². The highest BCUT2D eigenvalue weighted by atomic mass is 32.2. The summed E-state index contributed by atoms with van der Waals surface area (Å²) in [7, 11) is 3.08. The van der Waals surface area contributed by atoms with Crippen molar-refractivity contribution in [1.82, 2.24) is 8.61 Å². The Morgan fingerprint density at radius 2 is 1.31 bits per heavy atom. The zero-order chi connectivity index (χ0) is 26.0. The van der Waals surface area contributed by atoms with Gasteiger partial charge in [0.05, 0.1) is 18.7 Å². The highest BCUT2D eigenvalue weighted by Gasteiger charge is 2.21. The molecular weight excluding hydrogens is 480 g/mol. The summed E-state index contributed by atoms with van der Waals surface area (Å²) in [4.78, 5) is 24.5. The van der Waals surface area contributed by atoms with Crippen molar-refractivity contribution < 1.29 is 28.5 Å². The number of amides is 2. The second-order valence-corrected chi connectivity index (χ2v) is 10.4. The highest BCUT2D eigenvalue weighted by Crippen LogP contribution is 2.35. The summed E-state index contributed by atoms with van der Waals surface area (Å²) in [5.74, 6) is 1.47. The molecule has 0 radical (unpaired) electrons. The zero-order valence-corrected chi connectivity index (χ0v) is 23.1. The Morgan fingerprint density at radius 3 is 1.92 bits per heavy atom. The standard InChI is InChI=1S/C27H44N2O6S/c1-4-5-6-7-8-9-10-11-12-13-14-15-16-17-20-32-26(30)28(2)36-29(3)27(31)35-23-18-19-24-25(21-23)34-22-33-24/h18-19,21H,4-17,20,22H2,1-3H3. The quantitative estimate of drug-likeness (QED) is 0.142. The maximum atomic E-state index is 12.3. The van der Waals surface area contributed by atoms with Crippen LogP contribution in [0.2, 0.25) is 0 Å². The van der Waals surface area contributed by atoms with Crippen molar-refractivity contribution in [2.75, 3.05) is 27.5 Å². The van der Waals surface area contributed by atoms with Crippen LogP contribution in [0.1, 0.15) is 96.8 Å². The minimum absolute atomic E-state index is 0.148. The maximum Gasteiger partial charge on any atom is 0.426 e. The fourth-order valence-electron chi connectivity index (χ4n) is 3.90. The van der Waals surface area contributed by atoms with Gasteiger partial charge >= 0.3 is 12.2 Å².